The molecule has 1 aliphatic heterocycles. The maximum absolute atomic E-state index is 10.2. The predicted octanol–water partition coefficient (Wildman–Crippen LogP) is 1.28. The molecule has 1 N–H and O–H groups in total. The van der Waals surface area contributed by atoms with Crippen molar-refractivity contribution in [3.05, 3.63) is 0 Å². The van der Waals surface area contributed by atoms with Gasteiger partial charge in [0, 0.05) is 13.0 Å². The lowest BCUT2D eigenvalue weighted by molar-refractivity contribution is -0.137. The van der Waals surface area contributed by atoms with Crippen molar-refractivity contribution < 1.29 is 14.6 Å². The molecular weight excluding hydrogens is 144 g/mol. The van der Waals surface area contributed by atoms with Crippen LogP contribution in [0.2, 0.25) is 0 Å². The Morgan fingerprint density at radius 1 is 1.73 bits per heavy atom. The molecule has 0 saturated carbocycles. The van der Waals surface area contributed by atoms with Crippen molar-refractivity contribution in [1.29, 1.82) is 0 Å². The summed E-state index contributed by atoms with van der Waals surface area (Å²) in [5.41, 5.74) is 0. The average molecular weight is 158 g/mol. The Labute approximate surface area is 66.4 Å². The van der Waals surface area contributed by atoms with Crippen LogP contribution in [0.1, 0.15) is 26.2 Å². The van der Waals surface area contributed by atoms with Crippen LogP contribution < -0.4 is 0 Å². The molecule has 0 amide bonds. The molecule has 1 aliphatic rings. The fraction of sp³-hybridized carbons (Fsp3) is 0.875. The molecule has 1 fully saturated rings. The summed E-state index contributed by atoms with van der Waals surface area (Å²) in [6.07, 6.45) is 2.32. The molecule has 3 nitrogen and oxygen atoms in total. The normalized spacial score (nSPS) is 30.6. The monoisotopic (exact) mass is 158 g/mol. The lowest BCUT2D eigenvalue weighted by Gasteiger charge is -2.11. The van der Waals surface area contributed by atoms with Crippen LogP contribution in [-0.2, 0) is 9.53 Å². The van der Waals surface area contributed by atoms with E-state index < -0.39 is 5.97 Å². The molecule has 0 aliphatic carbocycles. The van der Waals surface area contributed by atoms with Crippen molar-refractivity contribution >= 4 is 5.97 Å². The van der Waals surface area contributed by atoms with Crippen molar-refractivity contribution in [3.8, 4) is 0 Å². The van der Waals surface area contributed by atoms with E-state index in [0.717, 1.165) is 19.4 Å². The van der Waals surface area contributed by atoms with Gasteiger partial charge in [0.25, 0.3) is 0 Å². The minimum atomic E-state index is -0.705. The Balaban J connectivity index is 2.20. The Bertz CT molecular complexity index is 144. The fourth-order valence-electron chi connectivity index (χ4n) is 1.46. The second kappa shape index (κ2) is 3.72. The van der Waals surface area contributed by atoms with E-state index in [0.29, 0.717) is 5.92 Å². The molecule has 2 unspecified atom stereocenters. The highest BCUT2D eigenvalue weighted by Crippen LogP contribution is 2.24. The van der Waals surface area contributed by atoms with Crippen LogP contribution in [0.15, 0.2) is 0 Å². The summed E-state index contributed by atoms with van der Waals surface area (Å²) < 4.78 is 5.30. The first-order valence-electron chi connectivity index (χ1n) is 4.03. The molecule has 1 saturated heterocycles. The van der Waals surface area contributed by atoms with Crippen LogP contribution >= 0.6 is 0 Å². The number of hydrogen-bond acceptors (Lipinski definition) is 2. The predicted molar refractivity (Wildman–Crippen MR) is 40.4 cm³/mol. The first kappa shape index (κ1) is 8.53. The quantitative estimate of drug-likeness (QED) is 0.673. The number of rotatable bonds is 3. The Hall–Kier alpha value is -0.570. The molecule has 1 rings (SSSR count). The third-order valence-corrected chi connectivity index (χ3v) is 2.26. The van der Waals surface area contributed by atoms with E-state index in [2.05, 4.69) is 0 Å². The van der Waals surface area contributed by atoms with E-state index in [-0.39, 0.29) is 12.5 Å². The number of carboxylic acids is 1. The molecule has 64 valence electrons. The standard InChI is InChI=1S/C8H14O3/c1-6-7(4-5-11-6)2-3-8(9)10/h6-7H,2-5H2,1H3,(H,9,10). The highest BCUT2D eigenvalue weighted by molar-refractivity contribution is 5.66. The van der Waals surface area contributed by atoms with Crippen molar-refractivity contribution in [2.45, 2.75) is 32.3 Å². The van der Waals surface area contributed by atoms with Gasteiger partial charge in [-0.25, -0.2) is 0 Å². The van der Waals surface area contributed by atoms with Gasteiger partial charge in [-0.1, -0.05) is 0 Å². The van der Waals surface area contributed by atoms with E-state index >= 15 is 0 Å². The highest BCUT2D eigenvalue weighted by Gasteiger charge is 2.24. The maximum atomic E-state index is 10.2. The molecule has 0 spiro atoms. The number of aliphatic carboxylic acids is 1. The molecule has 2 atom stereocenters. The van der Waals surface area contributed by atoms with Gasteiger partial charge in [0.15, 0.2) is 0 Å². The summed E-state index contributed by atoms with van der Waals surface area (Å²) in [6.45, 7) is 2.81. The van der Waals surface area contributed by atoms with E-state index in [1.54, 1.807) is 0 Å². The average Bonchev–Trinajstić information content (AvgIpc) is 2.31. The lowest BCUT2D eigenvalue weighted by Crippen LogP contribution is -2.12. The van der Waals surface area contributed by atoms with E-state index in [4.69, 9.17) is 9.84 Å². The van der Waals surface area contributed by atoms with E-state index in [1.807, 2.05) is 6.92 Å². The molecule has 11 heavy (non-hydrogen) atoms. The van der Waals surface area contributed by atoms with Crippen molar-refractivity contribution in [1.82, 2.24) is 0 Å². The Kier molecular flexibility index (Phi) is 2.88. The van der Waals surface area contributed by atoms with Gasteiger partial charge < -0.3 is 9.84 Å². The zero-order valence-corrected chi connectivity index (χ0v) is 6.75. The number of ether oxygens (including phenoxy) is 1. The van der Waals surface area contributed by atoms with Gasteiger partial charge >= 0.3 is 5.97 Å². The first-order chi connectivity index (χ1) is 5.20. The minimum absolute atomic E-state index is 0.259. The zero-order valence-electron chi connectivity index (χ0n) is 6.75. The molecule has 1 heterocycles. The van der Waals surface area contributed by atoms with Crippen molar-refractivity contribution in [2.24, 2.45) is 5.92 Å². The zero-order chi connectivity index (χ0) is 8.27. The molecule has 0 radical (unpaired) electrons. The fourth-order valence-corrected chi connectivity index (χ4v) is 1.46. The van der Waals surface area contributed by atoms with Gasteiger partial charge in [-0.3, -0.25) is 4.79 Å². The summed E-state index contributed by atoms with van der Waals surface area (Å²) in [7, 11) is 0. The largest absolute Gasteiger partial charge is 0.481 e. The number of carbonyl (C=O) groups is 1. The molecular formula is C8H14O3. The van der Waals surface area contributed by atoms with Crippen molar-refractivity contribution in [3.63, 3.8) is 0 Å². The second-order valence-corrected chi connectivity index (χ2v) is 3.06. The molecule has 0 bridgehead atoms. The summed E-state index contributed by atoms with van der Waals surface area (Å²) in [5, 5.41) is 8.42. The van der Waals surface area contributed by atoms with E-state index in [1.165, 1.54) is 0 Å². The topological polar surface area (TPSA) is 46.5 Å². The van der Waals surface area contributed by atoms with Gasteiger partial charge in [-0.05, 0) is 25.7 Å². The third kappa shape index (κ3) is 2.50. The summed E-state index contributed by atoms with van der Waals surface area (Å²) in [5.74, 6) is -0.241. The van der Waals surface area contributed by atoms with Crippen LogP contribution in [-0.4, -0.2) is 23.8 Å². The first-order valence-corrected chi connectivity index (χ1v) is 4.03. The molecule has 0 aromatic rings. The van der Waals surface area contributed by atoms with Gasteiger partial charge in [-0.15, -0.1) is 0 Å². The van der Waals surface area contributed by atoms with Gasteiger partial charge in [0.05, 0.1) is 6.10 Å². The smallest absolute Gasteiger partial charge is 0.303 e. The van der Waals surface area contributed by atoms with Crippen molar-refractivity contribution in [2.75, 3.05) is 6.61 Å². The Morgan fingerprint density at radius 2 is 2.45 bits per heavy atom. The van der Waals surface area contributed by atoms with Crippen LogP contribution in [0.4, 0.5) is 0 Å². The maximum Gasteiger partial charge on any atom is 0.303 e. The second-order valence-electron chi connectivity index (χ2n) is 3.06. The SMILES string of the molecule is CC1OCCC1CCC(=O)O. The van der Waals surface area contributed by atoms with Gasteiger partial charge in [-0.2, -0.15) is 0 Å². The highest BCUT2D eigenvalue weighted by atomic mass is 16.5. The minimum Gasteiger partial charge on any atom is -0.481 e. The van der Waals surface area contributed by atoms with Gasteiger partial charge in [0.2, 0.25) is 0 Å². The van der Waals surface area contributed by atoms with Crippen LogP contribution in [0, 0.1) is 5.92 Å². The third-order valence-electron chi connectivity index (χ3n) is 2.26. The van der Waals surface area contributed by atoms with Crippen LogP contribution in [0.3, 0.4) is 0 Å². The van der Waals surface area contributed by atoms with Crippen LogP contribution in [0.5, 0.6) is 0 Å². The van der Waals surface area contributed by atoms with Gasteiger partial charge in [0.1, 0.15) is 0 Å². The molecule has 0 aromatic heterocycles. The number of hydrogen-bond donors (Lipinski definition) is 1. The summed E-state index contributed by atoms with van der Waals surface area (Å²) >= 11 is 0. The molecule has 3 heteroatoms. The summed E-state index contributed by atoms with van der Waals surface area (Å²) in [6, 6.07) is 0. The summed E-state index contributed by atoms with van der Waals surface area (Å²) in [4.78, 5) is 10.2. The van der Waals surface area contributed by atoms with E-state index in [9.17, 15) is 4.79 Å². The lowest BCUT2D eigenvalue weighted by atomic mass is 9.97. The number of carboxylic acid groups (broad SMARTS) is 1. The Morgan fingerprint density at radius 3 is 2.91 bits per heavy atom. The van der Waals surface area contributed by atoms with Crippen LogP contribution in [0.25, 0.3) is 0 Å². The molecule has 0 aromatic carbocycles.